The van der Waals surface area contributed by atoms with E-state index in [4.69, 9.17) is 11.6 Å². The second-order valence-electron chi connectivity index (χ2n) is 4.39. The number of aromatic nitrogens is 1. The van der Waals surface area contributed by atoms with Gasteiger partial charge in [0.2, 0.25) is 0 Å². The molecule has 2 rings (SSSR count). The molecule has 5 heteroatoms. The first-order chi connectivity index (χ1) is 9.11. The van der Waals surface area contributed by atoms with E-state index in [1.54, 1.807) is 11.3 Å². The first-order valence-corrected chi connectivity index (χ1v) is 8.27. The van der Waals surface area contributed by atoms with Gasteiger partial charge in [0.15, 0.2) is 0 Å². The number of benzene rings is 1. The van der Waals surface area contributed by atoms with Crippen LogP contribution in [0.4, 0.5) is 0 Å². The van der Waals surface area contributed by atoms with Crippen molar-refractivity contribution < 1.29 is 0 Å². The van der Waals surface area contributed by atoms with Gasteiger partial charge in [-0.15, -0.1) is 11.3 Å². The van der Waals surface area contributed by atoms with Crippen LogP contribution in [-0.4, -0.2) is 11.5 Å². The van der Waals surface area contributed by atoms with Crippen molar-refractivity contribution in [1.29, 1.82) is 0 Å². The van der Waals surface area contributed by atoms with Crippen molar-refractivity contribution in [1.82, 2.24) is 10.3 Å². The predicted octanol–water partition coefficient (Wildman–Crippen LogP) is 4.96. The maximum Gasteiger partial charge on any atom is 0.114 e. The lowest BCUT2D eigenvalue weighted by molar-refractivity contribution is 0.595. The Balaban J connectivity index is 2.33. The number of halogens is 2. The lowest BCUT2D eigenvalue weighted by Gasteiger charge is -2.17. The number of rotatable bonds is 5. The summed E-state index contributed by atoms with van der Waals surface area (Å²) < 4.78 is 0.919. The van der Waals surface area contributed by atoms with Crippen molar-refractivity contribution in [3.8, 4) is 0 Å². The van der Waals surface area contributed by atoms with Gasteiger partial charge in [0.05, 0.1) is 11.1 Å². The predicted molar refractivity (Wildman–Crippen MR) is 86.1 cm³/mol. The Kier molecular flexibility index (Phi) is 5.39. The second kappa shape index (κ2) is 6.84. The Bertz CT molecular complexity index is 556. The van der Waals surface area contributed by atoms with E-state index in [1.165, 1.54) is 0 Å². The Morgan fingerprint density at radius 3 is 2.84 bits per heavy atom. The van der Waals surface area contributed by atoms with Crippen molar-refractivity contribution >= 4 is 38.9 Å². The van der Waals surface area contributed by atoms with Crippen LogP contribution >= 0.6 is 38.9 Å². The van der Waals surface area contributed by atoms with Crippen molar-refractivity contribution in [2.75, 3.05) is 6.54 Å². The molecular weight excluding hydrogens is 344 g/mol. The Morgan fingerprint density at radius 1 is 1.47 bits per heavy atom. The van der Waals surface area contributed by atoms with Crippen molar-refractivity contribution in [3.05, 3.63) is 49.3 Å². The highest BCUT2D eigenvalue weighted by molar-refractivity contribution is 9.10. The van der Waals surface area contributed by atoms with E-state index in [9.17, 15) is 0 Å². The van der Waals surface area contributed by atoms with Crippen LogP contribution in [0, 0.1) is 6.92 Å². The van der Waals surface area contributed by atoms with E-state index in [2.05, 4.69) is 44.6 Å². The van der Waals surface area contributed by atoms with Crippen molar-refractivity contribution in [2.24, 2.45) is 0 Å². The van der Waals surface area contributed by atoms with Gasteiger partial charge >= 0.3 is 0 Å². The zero-order valence-corrected chi connectivity index (χ0v) is 14.1. The SMILES string of the molecule is CCCNC(c1ccc(Br)c(Cl)c1)c1nc(C)cs1. The van der Waals surface area contributed by atoms with E-state index in [0.717, 1.165) is 38.7 Å². The monoisotopic (exact) mass is 358 g/mol. The molecule has 1 aromatic heterocycles. The number of nitrogens with one attached hydrogen (secondary N) is 1. The average Bonchev–Trinajstić information content (AvgIpc) is 2.80. The van der Waals surface area contributed by atoms with Gasteiger partial charge in [0.25, 0.3) is 0 Å². The summed E-state index contributed by atoms with van der Waals surface area (Å²) in [7, 11) is 0. The molecule has 0 aliphatic rings. The van der Waals surface area contributed by atoms with Gasteiger partial charge in [0.1, 0.15) is 5.01 Å². The molecule has 0 aliphatic heterocycles. The van der Waals surface area contributed by atoms with Crippen molar-refractivity contribution in [2.45, 2.75) is 26.3 Å². The summed E-state index contributed by atoms with van der Waals surface area (Å²) in [6, 6.07) is 6.18. The van der Waals surface area contributed by atoms with Crippen LogP contribution in [0.3, 0.4) is 0 Å². The third-order valence-corrected chi connectivity index (χ3v) is 5.02. The molecule has 1 aromatic carbocycles. The molecule has 0 saturated carbocycles. The summed E-state index contributed by atoms with van der Waals surface area (Å²) in [5, 5.41) is 7.43. The summed E-state index contributed by atoms with van der Waals surface area (Å²) in [4.78, 5) is 4.59. The molecule has 0 amide bonds. The highest BCUT2D eigenvalue weighted by Gasteiger charge is 2.17. The first kappa shape index (κ1) is 15.0. The lowest BCUT2D eigenvalue weighted by atomic mass is 10.1. The minimum Gasteiger partial charge on any atom is -0.304 e. The van der Waals surface area contributed by atoms with Crippen LogP contribution in [0.15, 0.2) is 28.1 Å². The normalized spacial score (nSPS) is 12.6. The molecule has 2 aromatic rings. The number of thiazole rings is 1. The molecular formula is C14H16BrClN2S. The van der Waals surface area contributed by atoms with Crippen molar-refractivity contribution in [3.63, 3.8) is 0 Å². The summed E-state index contributed by atoms with van der Waals surface area (Å²) in [5.41, 5.74) is 2.21. The highest BCUT2D eigenvalue weighted by atomic mass is 79.9. The zero-order valence-electron chi connectivity index (χ0n) is 10.9. The van der Waals surface area contributed by atoms with Crippen LogP contribution in [0.1, 0.15) is 35.7 Å². The van der Waals surface area contributed by atoms with Crippen LogP contribution in [0.2, 0.25) is 5.02 Å². The fourth-order valence-corrected chi connectivity index (χ4v) is 3.16. The topological polar surface area (TPSA) is 24.9 Å². The quantitative estimate of drug-likeness (QED) is 0.816. The molecule has 0 bridgehead atoms. The minimum absolute atomic E-state index is 0.115. The van der Waals surface area contributed by atoms with Gasteiger partial charge in [-0.3, -0.25) is 0 Å². The molecule has 1 unspecified atom stereocenters. The number of aryl methyl sites for hydroxylation is 1. The summed E-state index contributed by atoms with van der Waals surface area (Å²) in [5.74, 6) is 0. The Labute approximate surface area is 131 Å². The first-order valence-electron chi connectivity index (χ1n) is 6.22. The molecule has 102 valence electrons. The lowest BCUT2D eigenvalue weighted by Crippen LogP contribution is -2.23. The fourth-order valence-electron chi connectivity index (χ4n) is 1.83. The molecule has 2 nitrogen and oxygen atoms in total. The van der Waals surface area contributed by atoms with Crippen LogP contribution in [0.5, 0.6) is 0 Å². The highest BCUT2D eigenvalue weighted by Crippen LogP contribution is 2.30. The van der Waals surface area contributed by atoms with E-state index in [0.29, 0.717) is 0 Å². The van der Waals surface area contributed by atoms with E-state index >= 15 is 0 Å². The molecule has 0 fully saturated rings. The number of hydrogen-bond donors (Lipinski definition) is 1. The van der Waals surface area contributed by atoms with Crippen LogP contribution in [0.25, 0.3) is 0 Å². The van der Waals surface area contributed by atoms with Gasteiger partial charge in [-0.25, -0.2) is 4.98 Å². The molecule has 1 N–H and O–H groups in total. The summed E-state index contributed by atoms with van der Waals surface area (Å²) >= 11 is 11.3. The van der Waals surface area contributed by atoms with E-state index < -0.39 is 0 Å². The maximum atomic E-state index is 6.19. The van der Waals surface area contributed by atoms with E-state index in [-0.39, 0.29) is 6.04 Å². The summed E-state index contributed by atoms with van der Waals surface area (Å²) in [6.45, 7) is 5.13. The second-order valence-corrected chi connectivity index (χ2v) is 6.54. The smallest absolute Gasteiger partial charge is 0.114 e. The minimum atomic E-state index is 0.115. The maximum absolute atomic E-state index is 6.19. The van der Waals surface area contributed by atoms with Gasteiger partial charge < -0.3 is 5.32 Å². The Hall–Kier alpha value is -0.420. The standard InChI is InChI=1S/C14H16BrClN2S/c1-3-6-17-13(14-18-9(2)8-19-14)10-4-5-11(15)12(16)7-10/h4-5,7-8,13,17H,3,6H2,1-2H3. The third-order valence-electron chi connectivity index (χ3n) is 2.76. The van der Waals surface area contributed by atoms with E-state index in [1.807, 2.05) is 19.1 Å². The Morgan fingerprint density at radius 2 is 2.26 bits per heavy atom. The van der Waals surface area contributed by atoms with Gasteiger partial charge in [-0.2, -0.15) is 0 Å². The van der Waals surface area contributed by atoms with Gasteiger partial charge in [-0.1, -0.05) is 24.6 Å². The molecule has 1 atom stereocenters. The zero-order chi connectivity index (χ0) is 13.8. The number of nitrogens with zero attached hydrogens (tertiary/aromatic N) is 1. The van der Waals surface area contributed by atoms with Gasteiger partial charge in [0, 0.05) is 15.5 Å². The molecule has 0 radical (unpaired) electrons. The fraction of sp³-hybridized carbons (Fsp3) is 0.357. The summed E-state index contributed by atoms with van der Waals surface area (Å²) in [6.07, 6.45) is 1.09. The van der Waals surface area contributed by atoms with Gasteiger partial charge in [-0.05, 0) is 53.5 Å². The molecule has 1 heterocycles. The molecule has 0 spiro atoms. The van der Waals surface area contributed by atoms with Crippen LogP contribution in [-0.2, 0) is 0 Å². The number of hydrogen-bond acceptors (Lipinski definition) is 3. The van der Waals surface area contributed by atoms with Crippen LogP contribution < -0.4 is 5.32 Å². The third kappa shape index (κ3) is 3.78. The molecule has 19 heavy (non-hydrogen) atoms. The molecule has 0 aliphatic carbocycles. The molecule has 0 saturated heterocycles. The average molecular weight is 360 g/mol. The largest absolute Gasteiger partial charge is 0.304 e.